The van der Waals surface area contributed by atoms with Crippen molar-refractivity contribution >= 4 is 28.9 Å². The van der Waals surface area contributed by atoms with Gasteiger partial charge in [0.05, 0.1) is 11.3 Å². The van der Waals surface area contributed by atoms with Gasteiger partial charge in [0.25, 0.3) is 0 Å². The summed E-state index contributed by atoms with van der Waals surface area (Å²) in [6, 6.07) is 1.92. The molecule has 0 aliphatic rings. The highest BCUT2D eigenvalue weighted by Crippen LogP contribution is 2.26. The third-order valence-corrected chi connectivity index (χ3v) is 5.43. The Hall–Kier alpha value is -2.00. The predicted octanol–water partition coefficient (Wildman–Crippen LogP) is 3.27. The van der Waals surface area contributed by atoms with Crippen molar-refractivity contribution in [3.8, 4) is 5.13 Å². The summed E-state index contributed by atoms with van der Waals surface area (Å²) in [6.45, 7) is 10.0. The third-order valence-electron chi connectivity index (χ3n) is 3.75. The molecule has 25 heavy (non-hydrogen) atoms. The lowest BCUT2D eigenvalue weighted by molar-refractivity contribution is 0.102. The van der Waals surface area contributed by atoms with E-state index in [-0.39, 0.29) is 11.3 Å². The zero-order valence-corrected chi connectivity index (χ0v) is 16.5. The Balaban J connectivity index is 1.79. The first-order valence-electron chi connectivity index (χ1n) is 7.82. The lowest BCUT2D eigenvalue weighted by Crippen LogP contribution is -2.24. The summed E-state index contributed by atoms with van der Waals surface area (Å²) in [5.74, 6) is 0.350. The molecule has 0 saturated carbocycles. The Morgan fingerprint density at radius 2 is 2.08 bits per heavy atom. The van der Waals surface area contributed by atoms with Gasteiger partial charge in [-0.3, -0.25) is 9.36 Å². The van der Waals surface area contributed by atoms with Gasteiger partial charge in [0.1, 0.15) is 0 Å². The first-order valence-corrected chi connectivity index (χ1v) is 9.69. The van der Waals surface area contributed by atoms with Gasteiger partial charge in [0, 0.05) is 28.5 Å². The topological polar surface area (TPSA) is 78.5 Å². The largest absolute Gasteiger partial charge is 0.294 e. The van der Waals surface area contributed by atoms with E-state index in [0.29, 0.717) is 10.9 Å². The van der Waals surface area contributed by atoms with Gasteiger partial charge in [-0.05, 0) is 51.1 Å². The van der Waals surface area contributed by atoms with Crippen LogP contribution in [0.4, 0.5) is 0 Å². The van der Waals surface area contributed by atoms with Crippen LogP contribution in [0, 0.1) is 13.8 Å². The second kappa shape index (κ2) is 6.72. The number of tetrazole rings is 1. The molecule has 0 aromatic carbocycles. The zero-order chi connectivity index (χ0) is 18.2. The van der Waals surface area contributed by atoms with Crippen LogP contribution in [0.15, 0.2) is 22.8 Å². The number of hydrogen-bond acceptors (Lipinski definition) is 7. The maximum atomic E-state index is 12.7. The summed E-state index contributed by atoms with van der Waals surface area (Å²) in [6.07, 6.45) is 1.77. The zero-order valence-electron chi connectivity index (χ0n) is 14.8. The van der Waals surface area contributed by atoms with Crippen molar-refractivity contribution in [1.82, 2.24) is 29.8 Å². The number of nitrogens with zero attached hydrogens (tertiary/aromatic N) is 6. The fourth-order valence-electron chi connectivity index (χ4n) is 2.56. The number of aromatic nitrogens is 6. The van der Waals surface area contributed by atoms with E-state index in [1.807, 2.05) is 50.6 Å². The molecule has 9 heteroatoms. The third kappa shape index (κ3) is 3.52. The maximum Gasteiger partial charge on any atom is 0.210 e. The van der Waals surface area contributed by atoms with Crippen LogP contribution in [-0.4, -0.2) is 41.3 Å². The summed E-state index contributed by atoms with van der Waals surface area (Å²) in [7, 11) is 0. The van der Waals surface area contributed by atoms with E-state index in [4.69, 9.17) is 0 Å². The average Bonchev–Trinajstić information content (AvgIpc) is 3.24. The lowest BCUT2D eigenvalue weighted by Gasteiger charge is -2.19. The molecule has 0 unspecified atom stereocenters. The van der Waals surface area contributed by atoms with Crippen LogP contribution in [0.1, 0.15) is 42.5 Å². The number of thioether (sulfide) groups is 1. The van der Waals surface area contributed by atoms with E-state index in [1.165, 1.54) is 11.8 Å². The average molecular weight is 377 g/mol. The molecule has 0 saturated heterocycles. The Labute approximate surface area is 154 Å². The van der Waals surface area contributed by atoms with Crippen molar-refractivity contribution in [3.63, 3.8) is 0 Å². The fraction of sp³-hybridized carbons (Fsp3) is 0.438. The minimum absolute atomic E-state index is 0.0596. The number of hydrogen-bond donors (Lipinski definition) is 0. The molecular formula is C16H20N6OS2. The second-order valence-electron chi connectivity index (χ2n) is 6.69. The van der Waals surface area contributed by atoms with E-state index >= 15 is 0 Å². The molecule has 3 heterocycles. The fourth-order valence-corrected chi connectivity index (χ4v) is 4.26. The van der Waals surface area contributed by atoms with Crippen LogP contribution < -0.4 is 0 Å². The number of aryl methyl sites for hydroxylation is 1. The van der Waals surface area contributed by atoms with Crippen LogP contribution >= 0.6 is 23.1 Å². The van der Waals surface area contributed by atoms with Crippen LogP contribution in [0.2, 0.25) is 0 Å². The Bertz CT molecular complexity index is 889. The van der Waals surface area contributed by atoms with Gasteiger partial charge in [-0.15, -0.1) is 16.4 Å². The number of rotatable bonds is 5. The normalized spacial score (nSPS) is 11.9. The minimum Gasteiger partial charge on any atom is -0.294 e. The molecule has 0 amide bonds. The highest BCUT2D eigenvalue weighted by Gasteiger charge is 2.22. The SMILES string of the molecule is Cc1cc(C(=O)CSc2nnnn2C(C)(C)C)c(C)n1-c1nccs1. The van der Waals surface area contributed by atoms with E-state index in [2.05, 4.69) is 20.5 Å². The maximum absolute atomic E-state index is 12.7. The number of thiazole rings is 1. The van der Waals surface area contributed by atoms with Gasteiger partial charge >= 0.3 is 0 Å². The van der Waals surface area contributed by atoms with Gasteiger partial charge in [-0.25, -0.2) is 9.67 Å². The number of carbonyl (C=O) groups is 1. The Morgan fingerprint density at radius 3 is 2.72 bits per heavy atom. The molecule has 132 valence electrons. The molecule has 0 N–H and O–H groups in total. The van der Waals surface area contributed by atoms with E-state index in [0.717, 1.165) is 22.1 Å². The van der Waals surface area contributed by atoms with E-state index in [9.17, 15) is 4.79 Å². The van der Waals surface area contributed by atoms with Crippen molar-refractivity contribution in [1.29, 1.82) is 0 Å². The van der Waals surface area contributed by atoms with Crippen LogP contribution in [0.5, 0.6) is 0 Å². The Morgan fingerprint density at radius 1 is 1.32 bits per heavy atom. The smallest absolute Gasteiger partial charge is 0.210 e. The van der Waals surface area contributed by atoms with Crippen LogP contribution in [0.25, 0.3) is 5.13 Å². The van der Waals surface area contributed by atoms with E-state index in [1.54, 1.807) is 22.2 Å². The van der Waals surface area contributed by atoms with Crippen molar-refractivity contribution in [2.45, 2.75) is 45.3 Å². The molecule has 3 rings (SSSR count). The molecule has 7 nitrogen and oxygen atoms in total. The van der Waals surface area contributed by atoms with Gasteiger partial charge in [-0.2, -0.15) is 0 Å². The van der Waals surface area contributed by atoms with Crippen molar-refractivity contribution in [2.75, 3.05) is 5.75 Å². The van der Waals surface area contributed by atoms with Crippen molar-refractivity contribution < 1.29 is 4.79 Å². The molecule has 3 aromatic heterocycles. The quantitative estimate of drug-likeness (QED) is 0.502. The monoisotopic (exact) mass is 376 g/mol. The van der Waals surface area contributed by atoms with Crippen LogP contribution in [0.3, 0.4) is 0 Å². The molecular weight excluding hydrogens is 356 g/mol. The lowest BCUT2D eigenvalue weighted by atomic mass is 10.1. The molecule has 3 aromatic rings. The first kappa shape index (κ1) is 17.8. The minimum atomic E-state index is -0.227. The summed E-state index contributed by atoms with van der Waals surface area (Å²) in [5.41, 5.74) is 2.40. The molecule has 0 aliphatic heterocycles. The Kier molecular flexibility index (Phi) is 4.79. The molecule has 0 atom stereocenters. The van der Waals surface area contributed by atoms with Crippen molar-refractivity contribution in [2.24, 2.45) is 0 Å². The first-order chi connectivity index (χ1) is 11.8. The van der Waals surface area contributed by atoms with Crippen molar-refractivity contribution in [3.05, 3.63) is 34.6 Å². The standard InChI is InChI=1S/C16H20N6OS2/c1-10-8-12(11(2)21(10)14-17-6-7-24-14)13(23)9-25-15-18-19-20-22(15)16(3,4)5/h6-8H,9H2,1-5H3. The number of Topliss-reactive ketones (excluding diaryl/α,β-unsaturated/α-hetero) is 1. The molecule has 0 radical (unpaired) electrons. The predicted molar refractivity (Wildman–Crippen MR) is 98.8 cm³/mol. The summed E-state index contributed by atoms with van der Waals surface area (Å²) in [5, 5.41) is 15.2. The van der Waals surface area contributed by atoms with Crippen LogP contribution in [-0.2, 0) is 5.54 Å². The summed E-state index contributed by atoms with van der Waals surface area (Å²) in [4.78, 5) is 17.1. The van der Waals surface area contributed by atoms with Gasteiger partial charge < -0.3 is 0 Å². The molecule has 0 bridgehead atoms. The number of carbonyl (C=O) groups excluding carboxylic acids is 1. The molecule has 0 spiro atoms. The van der Waals surface area contributed by atoms with Gasteiger partial charge in [0.2, 0.25) is 5.16 Å². The van der Waals surface area contributed by atoms with Gasteiger partial charge in [0.15, 0.2) is 10.9 Å². The van der Waals surface area contributed by atoms with Gasteiger partial charge in [-0.1, -0.05) is 11.8 Å². The highest BCUT2D eigenvalue weighted by atomic mass is 32.2. The summed E-state index contributed by atoms with van der Waals surface area (Å²) >= 11 is 2.91. The molecule has 0 aliphatic carbocycles. The number of ketones is 1. The summed E-state index contributed by atoms with van der Waals surface area (Å²) < 4.78 is 3.76. The highest BCUT2D eigenvalue weighted by molar-refractivity contribution is 7.99. The molecule has 0 fully saturated rings. The van der Waals surface area contributed by atoms with E-state index < -0.39 is 0 Å². The second-order valence-corrected chi connectivity index (χ2v) is 8.51.